The minimum atomic E-state index is 0.601. The van der Waals surface area contributed by atoms with E-state index in [1.807, 2.05) is 25.6 Å². The summed E-state index contributed by atoms with van der Waals surface area (Å²) in [4.78, 5) is 12.7. The summed E-state index contributed by atoms with van der Waals surface area (Å²) in [7, 11) is 1.81. The molecule has 0 fully saturated rings. The average Bonchev–Trinajstić information content (AvgIpc) is 2.59. The van der Waals surface area contributed by atoms with Crippen molar-refractivity contribution in [3.63, 3.8) is 0 Å². The second-order valence-electron chi connectivity index (χ2n) is 3.51. The van der Waals surface area contributed by atoms with Crippen molar-refractivity contribution in [2.24, 2.45) is 0 Å². The molecule has 0 aliphatic rings. The van der Waals surface area contributed by atoms with E-state index in [9.17, 15) is 0 Å². The van der Waals surface area contributed by atoms with Gasteiger partial charge < -0.3 is 5.32 Å². The van der Waals surface area contributed by atoms with E-state index in [4.69, 9.17) is 0 Å². The molecule has 0 aliphatic heterocycles. The van der Waals surface area contributed by atoms with E-state index in [2.05, 4.69) is 25.4 Å². The van der Waals surface area contributed by atoms with Gasteiger partial charge in [0.25, 0.3) is 0 Å². The van der Waals surface area contributed by atoms with Gasteiger partial charge in [-0.2, -0.15) is 5.10 Å². The molecule has 0 bridgehead atoms. The van der Waals surface area contributed by atoms with Gasteiger partial charge in [-0.15, -0.1) is 0 Å². The summed E-state index contributed by atoms with van der Waals surface area (Å²) in [5.74, 6) is 2.42. The molecular weight excluding hydrogens is 204 g/mol. The Bertz CT molecular complexity index is 473. The summed E-state index contributed by atoms with van der Waals surface area (Å²) in [6.45, 7) is 4.40. The average molecular weight is 218 g/mol. The lowest BCUT2D eigenvalue weighted by molar-refractivity contribution is 0.642. The highest BCUT2D eigenvalue weighted by atomic mass is 15.3. The predicted molar refractivity (Wildman–Crippen MR) is 60.2 cm³/mol. The Kier molecular flexibility index (Phi) is 2.80. The summed E-state index contributed by atoms with van der Waals surface area (Å²) in [6.07, 6.45) is 3.44. The normalized spacial score (nSPS) is 10.4. The van der Waals surface area contributed by atoms with Crippen molar-refractivity contribution in [3.8, 4) is 0 Å². The fourth-order valence-corrected chi connectivity index (χ4v) is 1.43. The van der Waals surface area contributed by atoms with Crippen molar-refractivity contribution in [1.82, 2.24) is 24.7 Å². The lowest BCUT2D eigenvalue weighted by Gasteiger charge is -2.03. The maximum absolute atomic E-state index is 4.28. The second kappa shape index (κ2) is 4.26. The van der Waals surface area contributed by atoms with E-state index in [1.54, 1.807) is 12.4 Å². The molecule has 0 spiro atoms. The number of nitrogens with one attached hydrogen (secondary N) is 1. The zero-order chi connectivity index (χ0) is 11.5. The lowest BCUT2D eigenvalue weighted by Crippen LogP contribution is -2.06. The third kappa shape index (κ3) is 2.16. The molecule has 2 rings (SSSR count). The summed E-state index contributed by atoms with van der Waals surface area (Å²) < 4.78 is 1.82. The van der Waals surface area contributed by atoms with Crippen LogP contribution in [0.2, 0.25) is 0 Å². The second-order valence-corrected chi connectivity index (χ2v) is 3.51. The molecular formula is C10H14N6. The van der Waals surface area contributed by atoms with Gasteiger partial charge in [0, 0.05) is 7.05 Å². The van der Waals surface area contributed by atoms with Crippen molar-refractivity contribution in [3.05, 3.63) is 29.7 Å². The first-order valence-corrected chi connectivity index (χ1v) is 5.06. The summed E-state index contributed by atoms with van der Waals surface area (Å²) in [5.41, 5.74) is 0.868. The van der Waals surface area contributed by atoms with Crippen LogP contribution in [0.25, 0.3) is 0 Å². The highest BCUT2D eigenvalue weighted by Gasteiger charge is 2.04. The first-order valence-electron chi connectivity index (χ1n) is 5.06. The Morgan fingerprint density at radius 1 is 1.25 bits per heavy atom. The van der Waals surface area contributed by atoms with Crippen molar-refractivity contribution in [1.29, 1.82) is 0 Å². The Balaban J connectivity index is 2.17. The standard InChI is InChI=1S/C10H14N6/c1-7-14-8(2)16(15-7)6-9-4-13-10(11-3)5-12-9/h4-5H,6H2,1-3H3,(H,11,13). The maximum atomic E-state index is 4.28. The largest absolute Gasteiger partial charge is 0.372 e. The fourth-order valence-electron chi connectivity index (χ4n) is 1.43. The van der Waals surface area contributed by atoms with Gasteiger partial charge in [0.1, 0.15) is 17.5 Å². The third-order valence-corrected chi connectivity index (χ3v) is 2.24. The Morgan fingerprint density at radius 3 is 2.56 bits per heavy atom. The molecule has 1 N–H and O–H groups in total. The molecule has 0 amide bonds. The summed E-state index contributed by atoms with van der Waals surface area (Å²) >= 11 is 0. The van der Waals surface area contributed by atoms with E-state index in [0.29, 0.717) is 6.54 Å². The van der Waals surface area contributed by atoms with Crippen LogP contribution in [0.3, 0.4) is 0 Å². The van der Waals surface area contributed by atoms with Crippen LogP contribution in [0.5, 0.6) is 0 Å². The quantitative estimate of drug-likeness (QED) is 0.824. The zero-order valence-corrected chi connectivity index (χ0v) is 9.60. The van der Waals surface area contributed by atoms with Crippen LogP contribution in [0.15, 0.2) is 12.4 Å². The van der Waals surface area contributed by atoms with Gasteiger partial charge in [0.15, 0.2) is 0 Å². The van der Waals surface area contributed by atoms with E-state index in [-0.39, 0.29) is 0 Å². The van der Waals surface area contributed by atoms with Gasteiger partial charge in [-0.05, 0) is 13.8 Å². The monoisotopic (exact) mass is 218 g/mol. The molecule has 0 saturated carbocycles. The number of anilines is 1. The fraction of sp³-hybridized carbons (Fsp3) is 0.400. The van der Waals surface area contributed by atoms with E-state index < -0.39 is 0 Å². The highest BCUT2D eigenvalue weighted by molar-refractivity contribution is 5.29. The summed E-state index contributed by atoms with van der Waals surface area (Å²) in [5, 5.41) is 7.20. The molecule has 2 heterocycles. The highest BCUT2D eigenvalue weighted by Crippen LogP contribution is 2.03. The molecule has 0 unspecified atom stereocenters. The third-order valence-electron chi connectivity index (χ3n) is 2.24. The molecule has 16 heavy (non-hydrogen) atoms. The number of aryl methyl sites for hydroxylation is 2. The van der Waals surface area contributed by atoms with Gasteiger partial charge >= 0.3 is 0 Å². The molecule has 2 aromatic rings. The molecule has 2 aromatic heterocycles. The predicted octanol–water partition coefficient (Wildman–Crippen LogP) is 0.775. The minimum Gasteiger partial charge on any atom is -0.372 e. The zero-order valence-electron chi connectivity index (χ0n) is 9.60. The van der Waals surface area contributed by atoms with Gasteiger partial charge in [0.2, 0.25) is 0 Å². The van der Waals surface area contributed by atoms with Crippen LogP contribution >= 0.6 is 0 Å². The number of aromatic nitrogens is 5. The lowest BCUT2D eigenvalue weighted by atomic mass is 10.4. The molecule has 0 aliphatic carbocycles. The van der Waals surface area contributed by atoms with Gasteiger partial charge in [-0.25, -0.2) is 14.6 Å². The molecule has 0 atom stereocenters. The molecule has 0 saturated heterocycles. The first-order chi connectivity index (χ1) is 7.69. The minimum absolute atomic E-state index is 0.601. The van der Waals surface area contributed by atoms with Crippen LogP contribution < -0.4 is 5.32 Å². The maximum Gasteiger partial charge on any atom is 0.147 e. The van der Waals surface area contributed by atoms with Crippen molar-refractivity contribution in [2.75, 3.05) is 12.4 Å². The first kappa shape index (κ1) is 10.5. The van der Waals surface area contributed by atoms with Crippen LogP contribution in [0.1, 0.15) is 17.3 Å². The van der Waals surface area contributed by atoms with Crippen molar-refractivity contribution >= 4 is 5.82 Å². The Labute approximate surface area is 93.8 Å². The van der Waals surface area contributed by atoms with E-state index >= 15 is 0 Å². The molecule has 0 aromatic carbocycles. The summed E-state index contributed by atoms with van der Waals surface area (Å²) in [6, 6.07) is 0. The van der Waals surface area contributed by atoms with Crippen LogP contribution in [-0.2, 0) is 6.54 Å². The molecule has 6 heteroatoms. The molecule has 84 valence electrons. The van der Waals surface area contributed by atoms with E-state index in [0.717, 1.165) is 23.2 Å². The van der Waals surface area contributed by atoms with Crippen molar-refractivity contribution in [2.45, 2.75) is 20.4 Å². The smallest absolute Gasteiger partial charge is 0.147 e. The number of hydrogen-bond acceptors (Lipinski definition) is 5. The van der Waals surface area contributed by atoms with Crippen LogP contribution in [0.4, 0.5) is 5.82 Å². The number of nitrogens with zero attached hydrogens (tertiary/aromatic N) is 5. The van der Waals surface area contributed by atoms with Crippen LogP contribution in [-0.4, -0.2) is 31.8 Å². The van der Waals surface area contributed by atoms with Gasteiger partial charge in [-0.1, -0.05) is 0 Å². The molecule has 0 radical (unpaired) electrons. The Hall–Kier alpha value is -1.98. The SMILES string of the molecule is CNc1cnc(Cn2nc(C)nc2C)cn1. The Morgan fingerprint density at radius 2 is 2.06 bits per heavy atom. The van der Waals surface area contributed by atoms with E-state index in [1.165, 1.54) is 0 Å². The molecule has 6 nitrogen and oxygen atoms in total. The van der Waals surface area contributed by atoms with Crippen LogP contribution in [0, 0.1) is 13.8 Å². The van der Waals surface area contributed by atoms with Crippen molar-refractivity contribution < 1.29 is 0 Å². The topological polar surface area (TPSA) is 68.5 Å². The number of rotatable bonds is 3. The number of hydrogen-bond donors (Lipinski definition) is 1. The van der Waals surface area contributed by atoms with Gasteiger partial charge in [0.05, 0.1) is 24.6 Å². The van der Waals surface area contributed by atoms with Gasteiger partial charge in [-0.3, -0.25) is 4.98 Å².